The molecular formula is C12H22O3. The molecule has 3 nitrogen and oxygen atoms in total. The Morgan fingerprint density at radius 1 is 1.20 bits per heavy atom. The molecule has 0 saturated heterocycles. The first-order valence-corrected chi connectivity index (χ1v) is 5.97. The van der Waals surface area contributed by atoms with Crippen molar-refractivity contribution in [1.82, 2.24) is 0 Å². The summed E-state index contributed by atoms with van der Waals surface area (Å²) in [5.74, 6) is 0.548. The van der Waals surface area contributed by atoms with Crippen molar-refractivity contribution in [3.63, 3.8) is 0 Å². The minimum absolute atomic E-state index is 0.0296. The minimum Gasteiger partial charge on any atom is -0.466 e. The molecule has 88 valence electrons. The van der Waals surface area contributed by atoms with Crippen molar-refractivity contribution >= 4 is 5.97 Å². The van der Waals surface area contributed by atoms with Gasteiger partial charge in [0.2, 0.25) is 0 Å². The fraction of sp³-hybridized carbons (Fsp3) is 0.917. The first kappa shape index (κ1) is 12.5. The maximum absolute atomic E-state index is 11.4. The molecule has 15 heavy (non-hydrogen) atoms. The van der Waals surface area contributed by atoms with Crippen LogP contribution in [0.2, 0.25) is 0 Å². The third-order valence-electron chi connectivity index (χ3n) is 2.94. The van der Waals surface area contributed by atoms with Gasteiger partial charge < -0.3 is 9.47 Å². The number of hydrogen-bond acceptors (Lipinski definition) is 3. The van der Waals surface area contributed by atoms with E-state index in [9.17, 15) is 4.79 Å². The molecule has 3 heteroatoms. The summed E-state index contributed by atoms with van der Waals surface area (Å²) in [6, 6.07) is 0. The molecule has 1 saturated carbocycles. The first-order valence-electron chi connectivity index (χ1n) is 5.97. The van der Waals surface area contributed by atoms with Crippen LogP contribution in [0.25, 0.3) is 0 Å². The van der Waals surface area contributed by atoms with Crippen LogP contribution in [0.3, 0.4) is 0 Å². The highest BCUT2D eigenvalue weighted by Gasteiger charge is 2.17. The Balaban J connectivity index is 2.01. The first-order chi connectivity index (χ1) is 7.33. The second-order valence-electron chi connectivity index (χ2n) is 4.27. The molecule has 1 aliphatic carbocycles. The molecule has 0 spiro atoms. The smallest absolute Gasteiger partial charge is 0.306 e. The quantitative estimate of drug-likeness (QED) is 0.503. The predicted octanol–water partition coefficient (Wildman–Crippen LogP) is 2.54. The largest absolute Gasteiger partial charge is 0.466 e. The minimum atomic E-state index is -0.0296. The monoisotopic (exact) mass is 214 g/mol. The highest BCUT2D eigenvalue weighted by atomic mass is 16.5. The van der Waals surface area contributed by atoms with Crippen molar-refractivity contribution in [2.45, 2.75) is 44.9 Å². The Morgan fingerprint density at radius 3 is 2.60 bits per heavy atom. The Hall–Kier alpha value is -0.570. The molecule has 0 aromatic carbocycles. The van der Waals surface area contributed by atoms with E-state index in [0.717, 1.165) is 6.42 Å². The van der Waals surface area contributed by atoms with Crippen LogP contribution in [0.5, 0.6) is 0 Å². The van der Waals surface area contributed by atoms with Gasteiger partial charge in [-0.1, -0.05) is 19.3 Å². The molecule has 0 bridgehead atoms. The molecule has 0 heterocycles. The van der Waals surface area contributed by atoms with Crippen LogP contribution in [0, 0.1) is 5.92 Å². The Morgan fingerprint density at radius 2 is 1.93 bits per heavy atom. The van der Waals surface area contributed by atoms with Gasteiger partial charge in [0.25, 0.3) is 0 Å². The lowest BCUT2D eigenvalue weighted by Gasteiger charge is -2.20. The average molecular weight is 214 g/mol. The molecule has 0 radical (unpaired) electrons. The lowest BCUT2D eigenvalue weighted by molar-refractivity contribution is -0.145. The van der Waals surface area contributed by atoms with Crippen LogP contribution >= 0.6 is 0 Å². The van der Waals surface area contributed by atoms with Gasteiger partial charge in [0.15, 0.2) is 0 Å². The molecule has 0 N–H and O–H groups in total. The zero-order valence-electron chi connectivity index (χ0n) is 9.67. The summed E-state index contributed by atoms with van der Waals surface area (Å²) in [5, 5.41) is 0. The van der Waals surface area contributed by atoms with Crippen molar-refractivity contribution < 1.29 is 14.3 Å². The Bertz CT molecular complexity index is 174. The highest BCUT2D eigenvalue weighted by molar-refractivity contribution is 5.69. The van der Waals surface area contributed by atoms with Crippen LogP contribution < -0.4 is 0 Å². The summed E-state index contributed by atoms with van der Waals surface area (Å²) in [4.78, 5) is 11.4. The highest BCUT2D eigenvalue weighted by Crippen LogP contribution is 2.26. The van der Waals surface area contributed by atoms with Gasteiger partial charge in [0, 0.05) is 26.6 Å². The fourth-order valence-electron chi connectivity index (χ4n) is 2.08. The second kappa shape index (κ2) is 7.69. The van der Waals surface area contributed by atoms with Crippen molar-refractivity contribution in [2.24, 2.45) is 5.92 Å². The van der Waals surface area contributed by atoms with Gasteiger partial charge in [-0.05, 0) is 18.8 Å². The van der Waals surface area contributed by atoms with Crippen LogP contribution in [-0.2, 0) is 14.3 Å². The third-order valence-corrected chi connectivity index (χ3v) is 2.94. The van der Waals surface area contributed by atoms with Crippen molar-refractivity contribution in [2.75, 3.05) is 20.3 Å². The lowest BCUT2D eigenvalue weighted by atomic mass is 9.87. The molecule has 1 fully saturated rings. The molecule has 0 atom stereocenters. The number of hydrogen-bond donors (Lipinski definition) is 0. The molecule has 0 amide bonds. The van der Waals surface area contributed by atoms with Crippen molar-refractivity contribution in [3.8, 4) is 0 Å². The number of carbonyl (C=O) groups is 1. The number of methoxy groups -OCH3 is 1. The van der Waals surface area contributed by atoms with E-state index in [1.165, 1.54) is 32.1 Å². The zero-order chi connectivity index (χ0) is 10.9. The van der Waals surface area contributed by atoms with E-state index in [0.29, 0.717) is 25.6 Å². The van der Waals surface area contributed by atoms with Gasteiger partial charge in [-0.2, -0.15) is 0 Å². The fourth-order valence-corrected chi connectivity index (χ4v) is 2.08. The standard InChI is InChI=1S/C12H22O3/c1-14-8-5-9-15-12(13)10-11-6-3-2-4-7-11/h11H,2-10H2,1H3. The zero-order valence-corrected chi connectivity index (χ0v) is 9.67. The average Bonchev–Trinajstić information content (AvgIpc) is 2.26. The summed E-state index contributed by atoms with van der Waals surface area (Å²) in [7, 11) is 1.66. The third kappa shape index (κ3) is 5.78. The van der Waals surface area contributed by atoms with Gasteiger partial charge in [0.1, 0.15) is 0 Å². The summed E-state index contributed by atoms with van der Waals surface area (Å²) in [6.45, 7) is 1.16. The van der Waals surface area contributed by atoms with E-state index in [2.05, 4.69) is 0 Å². The molecule has 1 rings (SSSR count). The van der Waals surface area contributed by atoms with E-state index in [4.69, 9.17) is 9.47 Å². The topological polar surface area (TPSA) is 35.5 Å². The van der Waals surface area contributed by atoms with E-state index in [1.54, 1.807) is 7.11 Å². The van der Waals surface area contributed by atoms with E-state index in [1.807, 2.05) is 0 Å². The van der Waals surface area contributed by atoms with Gasteiger partial charge in [-0.15, -0.1) is 0 Å². The van der Waals surface area contributed by atoms with Crippen LogP contribution in [0.4, 0.5) is 0 Å². The van der Waals surface area contributed by atoms with E-state index >= 15 is 0 Å². The molecule has 0 unspecified atom stereocenters. The maximum atomic E-state index is 11.4. The summed E-state index contributed by atoms with van der Waals surface area (Å²) >= 11 is 0. The second-order valence-corrected chi connectivity index (χ2v) is 4.27. The van der Waals surface area contributed by atoms with Crippen LogP contribution in [-0.4, -0.2) is 26.3 Å². The van der Waals surface area contributed by atoms with Gasteiger partial charge >= 0.3 is 5.97 Å². The van der Waals surface area contributed by atoms with Gasteiger partial charge in [-0.3, -0.25) is 4.79 Å². The maximum Gasteiger partial charge on any atom is 0.306 e. The summed E-state index contributed by atoms with van der Waals surface area (Å²) in [5.41, 5.74) is 0. The molecular weight excluding hydrogens is 192 g/mol. The molecule has 0 aromatic heterocycles. The summed E-state index contributed by atoms with van der Waals surface area (Å²) < 4.78 is 10.0. The van der Waals surface area contributed by atoms with Gasteiger partial charge in [-0.25, -0.2) is 0 Å². The molecule has 1 aliphatic rings. The normalized spacial score (nSPS) is 17.7. The van der Waals surface area contributed by atoms with Crippen LogP contribution in [0.1, 0.15) is 44.9 Å². The molecule has 0 aromatic rings. The van der Waals surface area contributed by atoms with Crippen molar-refractivity contribution in [3.05, 3.63) is 0 Å². The number of ether oxygens (including phenoxy) is 2. The van der Waals surface area contributed by atoms with Crippen LogP contribution in [0.15, 0.2) is 0 Å². The summed E-state index contributed by atoms with van der Waals surface area (Å²) in [6.07, 6.45) is 7.71. The lowest BCUT2D eigenvalue weighted by Crippen LogP contribution is -2.15. The molecule has 0 aliphatic heterocycles. The number of rotatable bonds is 6. The number of esters is 1. The van der Waals surface area contributed by atoms with Gasteiger partial charge in [0.05, 0.1) is 6.61 Å². The predicted molar refractivity (Wildman–Crippen MR) is 58.6 cm³/mol. The van der Waals surface area contributed by atoms with Crippen molar-refractivity contribution in [1.29, 1.82) is 0 Å². The number of carbonyl (C=O) groups excluding carboxylic acids is 1. The Kier molecular flexibility index (Phi) is 6.41. The SMILES string of the molecule is COCCCOC(=O)CC1CCCCC1. The van der Waals surface area contributed by atoms with E-state index in [-0.39, 0.29) is 5.97 Å². The van der Waals surface area contributed by atoms with E-state index < -0.39 is 0 Å². The Labute approximate surface area is 92.1 Å².